The van der Waals surface area contributed by atoms with Gasteiger partial charge in [0.15, 0.2) is 23.1 Å². The second-order valence-corrected chi connectivity index (χ2v) is 6.59. The number of rotatable bonds is 2. The van der Waals surface area contributed by atoms with Crippen molar-refractivity contribution >= 4 is 11.6 Å². The fourth-order valence-corrected chi connectivity index (χ4v) is 3.64. The lowest BCUT2D eigenvalue weighted by molar-refractivity contribution is -0.0461. The molecule has 5 rings (SSSR count). The first-order chi connectivity index (χ1) is 13.6. The van der Waals surface area contributed by atoms with E-state index in [1.54, 1.807) is 0 Å². The molecule has 5 nitrogen and oxygen atoms in total. The second kappa shape index (κ2) is 5.82. The Morgan fingerprint density at radius 1 is 0.714 bits per heavy atom. The molecule has 5 heteroatoms. The molecule has 1 aliphatic heterocycles. The summed E-state index contributed by atoms with van der Waals surface area (Å²) in [6, 6.07) is 20.0. The number of aromatic hydroxyl groups is 1. The van der Waals surface area contributed by atoms with E-state index < -0.39 is 17.4 Å². The van der Waals surface area contributed by atoms with Crippen molar-refractivity contribution in [2.75, 3.05) is 0 Å². The van der Waals surface area contributed by atoms with Gasteiger partial charge < -0.3 is 14.6 Å². The summed E-state index contributed by atoms with van der Waals surface area (Å²) in [6.45, 7) is 0. The molecule has 0 aromatic heterocycles. The minimum atomic E-state index is -1.34. The quantitative estimate of drug-likeness (QED) is 0.738. The summed E-state index contributed by atoms with van der Waals surface area (Å²) >= 11 is 0. The van der Waals surface area contributed by atoms with Gasteiger partial charge in [0, 0.05) is 17.2 Å². The lowest BCUT2D eigenvalue weighted by Crippen LogP contribution is -2.37. The van der Waals surface area contributed by atoms with Crippen LogP contribution >= 0.6 is 0 Å². The fraction of sp³-hybridized carbons (Fsp3) is 0.0435. The molecule has 0 radical (unpaired) electrons. The molecule has 0 saturated carbocycles. The number of ketones is 2. The summed E-state index contributed by atoms with van der Waals surface area (Å²) in [4.78, 5) is 24.8. The molecular weight excluding hydrogens is 356 g/mol. The standard InChI is InChI=1S/C23H14O5/c24-16-11-12-17(25)21-20(16)18(26)13-19-22(21)28-23(27-19,14-7-3-1-4-8-14)15-9-5-2-6-10-15/h1-13,26H. The molecule has 0 unspecified atom stereocenters. The van der Waals surface area contributed by atoms with Gasteiger partial charge in [-0.05, 0) is 12.2 Å². The first-order valence-electron chi connectivity index (χ1n) is 8.76. The van der Waals surface area contributed by atoms with Gasteiger partial charge in [-0.1, -0.05) is 60.7 Å². The van der Waals surface area contributed by atoms with Crippen LogP contribution in [0.2, 0.25) is 0 Å². The van der Waals surface area contributed by atoms with Gasteiger partial charge in [-0.15, -0.1) is 0 Å². The molecule has 1 heterocycles. The molecule has 3 aromatic carbocycles. The highest BCUT2D eigenvalue weighted by atomic mass is 16.7. The summed E-state index contributed by atoms with van der Waals surface area (Å²) in [5, 5.41) is 10.4. The van der Waals surface area contributed by atoms with Crippen molar-refractivity contribution in [1.82, 2.24) is 0 Å². The van der Waals surface area contributed by atoms with Crippen molar-refractivity contribution in [3.8, 4) is 17.2 Å². The molecule has 28 heavy (non-hydrogen) atoms. The minimum absolute atomic E-state index is 0.0243. The number of carbonyl (C=O) groups excluding carboxylic acids is 2. The van der Waals surface area contributed by atoms with Crippen LogP contribution in [0, 0.1) is 0 Å². The predicted octanol–water partition coefficient (Wildman–Crippen LogP) is 4.00. The zero-order valence-corrected chi connectivity index (χ0v) is 14.6. The van der Waals surface area contributed by atoms with E-state index in [1.165, 1.54) is 12.1 Å². The van der Waals surface area contributed by atoms with E-state index in [0.717, 1.165) is 17.2 Å². The van der Waals surface area contributed by atoms with E-state index in [-0.39, 0.29) is 28.4 Å². The average Bonchev–Trinajstić information content (AvgIpc) is 3.12. The van der Waals surface area contributed by atoms with Crippen LogP contribution in [-0.4, -0.2) is 16.7 Å². The van der Waals surface area contributed by atoms with Gasteiger partial charge in [0.2, 0.25) is 0 Å². The summed E-state index contributed by atoms with van der Waals surface area (Å²) in [5.74, 6) is -2.14. The maximum Gasteiger partial charge on any atom is 0.305 e. The first-order valence-corrected chi connectivity index (χ1v) is 8.76. The van der Waals surface area contributed by atoms with Crippen LogP contribution in [0.25, 0.3) is 0 Å². The third-order valence-corrected chi connectivity index (χ3v) is 4.91. The number of hydrogen-bond donors (Lipinski definition) is 1. The van der Waals surface area contributed by atoms with Crippen LogP contribution < -0.4 is 9.47 Å². The van der Waals surface area contributed by atoms with Gasteiger partial charge in [-0.25, -0.2) is 0 Å². The normalized spacial score (nSPS) is 16.1. The third kappa shape index (κ3) is 2.19. The fourth-order valence-electron chi connectivity index (χ4n) is 3.64. The molecule has 3 aromatic rings. The number of allylic oxidation sites excluding steroid dienone is 2. The van der Waals surface area contributed by atoms with Gasteiger partial charge in [0.1, 0.15) is 5.75 Å². The van der Waals surface area contributed by atoms with Gasteiger partial charge in [0.25, 0.3) is 0 Å². The molecule has 1 N–H and O–H groups in total. The summed E-state index contributed by atoms with van der Waals surface area (Å²) in [6.07, 6.45) is 2.33. The van der Waals surface area contributed by atoms with Crippen LogP contribution in [0.3, 0.4) is 0 Å². The largest absolute Gasteiger partial charge is 0.507 e. The molecule has 0 saturated heterocycles. The second-order valence-electron chi connectivity index (χ2n) is 6.59. The predicted molar refractivity (Wildman–Crippen MR) is 101 cm³/mol. The number of benzene rings is 3. The molecule has 1 aliphatic carbocycles. The van der Waals surface area contributed by atoms with Crippen LogP contribution in [-0.2, 0) is 5.79 Å². The van der Waals surface area contributed by atoms with Crippen LogP contribution in [0.15, 0.2) is 78.9 Å². The Kier molecular flexibility index (Phi) is 3.39. The Balaban J connectivity index is 1.76. The van der Waals surface area contributed by atoms with E-state index in [1.807, 2.05) is 60.7 Å². The highest BCUT2D eigenvalue weighted by Gasteiger charge is 2.48. The van der Waals surface area contributed by atoms with Crippen molar-refractivity contribution in [1.29, 1.82) is 0 Å². The number of fused-ring (bicyclic) bond motifs is 3. The van der Waals surface area contributed by atoms with Gasteiger partial charge in [-0.3, -0.25) is 9.59 Å². The average molecular weight is 370 g/mol. The Labute approximate surface area is 160 Å². The zero-order valence-electron chi connectivity index (χ0n) is 14.6. The molecule has 0 spiro atoms. The molecule has 2 aliphatic rings. The number of ether oxygens (including phenoxy) is 2. The topological polar surface area (TPSA) is 72.8 Å². The van der Waals surface area contributed by atoms with Crippen molar-refractivity contribution in [2.24, 2.45) is 0 Å². The smallest absolute Gasteiger partial charge is 0.305 e. The SMILES string of the molecule is O=C1C=CC(=O)c2c3c(cc(O)c21)OC(c1ccccc1)(c1ccccc1)O3. The maximum absolute atomic E-state index is 12.5. The van der Waals surface area contributed by atoms with Gasteiger partial charge in [-0.2, -0.15) is 0 Å². The molecule has 136 valence electrons. The van der Waals surface area contributed by atoms with Crippen molar-refractivity contribution in [2.45, 2.75) is 5.79 Å². The lowest BCUT2D eigenvalue weighted by atomic mass is 9.92. The highest BCUT2D eigenvalue weighted by Crippen LogP contribution is 2.52. The maximum atomic E-state index is 12.5. The Morgan fingerprint density at radius 3 is 1.82 bits per heavy atom. The first kappa shape index (κ1) is 16.3. The number of phenolic OH excluding ortho intramolecular Hbond substituents is 1. The Morgan fingerprint density at radius 2 is 1.25 bits per heavy atom. The van der Waals surface area contributed by atoms with Crippen LogP contribution in [0.1, 0.15) is 31.8 Å². The minimum Gasteiger partial charge on any atom is -0.507 e. The van der Waals surface area contributed by atoms with Gasteiger partial charge >= 0.3 is 5.79 Å². The van der Waals surface area contributed by atoms with Crippen molar-refractivity contribution in [3.05, 3.63) is 101 Å². The third-order valence-electron chi connectivity index (χ3n) is 4.91. The van der Waals surface area contributed by atoms with E-state index in [9.17, 15) is 14.7 Å². The van der Waals surface area contributed by atoms with E-state index >= 15 is 0 Å². The molecular formula is C23H14O5. The number of phenols is 1. The number of carbonyl (C=O) groups is 2. The van der Waals surface area contributed by atoms with E-state index in [2.05, 4.69) is 0 Å². The molecule has 0 amide bonds. The highest BCUT2D eigenvalue weighted by molar-refractivity contribution is 6.24. The van der Waals surface area contributed by atoms with E-state index in [4.69, 9.17) is 9.47 Å². The van der Waals surface area contributed by atoms with Crippen LogP contribution in [0.4, 0.5) is 0 Å². The summed E-state index contributed by atoms with van der Waals surface area (Å²) in [7, 11) is 0. The van der Waals surface area contributed by atoms with Crippen molar-refractivity contribution < 1.29 is 24.2 Å². The number of hydrogen-bond acceptors (Lipinski definition) is 5. The monoisotopic (exact) mass is 370 g/mol. The molecule has 0 fully saturated rings. The molecule has 0 atom stereocenters. The molecule has 0 bridgehead atoms. The Hall–Kier alpha value is -3.86. The van der Waals surface area contributed by atoms with Crippen LogP contribution in [0.5, 0.6) is 17.2 Å². The Bertz CT molecular complexity index is 1110. The van der Waals surface area contributed by atoms with Crippen molar-refractivity contribution in [3.63, 3.8) is 0 Å². The summed E-state index contributed by atoms with van der Waals surface area (Å²) in [5.41, 5.74) is 1.40. The van der Waals surface area contributed by atoms with E-state index in [0.29, 0.717) is 0 Å². The lowest BCUT2D eigenvalue weighted by Gasteiger charge is -2.28. The zero-order chi connectivity index (χ0) is 19.3. The summed E-state index contributed by atoms with van der Waals surface area (Å²) < 4.78 is 12.5. The van der Waals surface area contributed by atoms with Gasteiger partial charge in [0.05, 0.1) is 11.1 Å².